The topological polar surface area (TPSA) is 49.4 Å². The molecule has 1 saturated heterocycles. The van der Waals surface area contributed by atoms with Gasteiger partial charge in [-0.15, -0.1) is 0 Å². The van der Waals surface area contributed by atoms with E-state index in [1.807, 2.05) is 0 Å². The van der Waals surface area contributed by atoms with Crippen molar-refractivity contribution in [1.82, 2.24) is 5.32 Å². The van der Waals surface area contributed by atoms with Crippen molar-refractivity contribution in [3.8, 4) is 0 Å². The summed E-state index contributed by atoms with van der Waals surface area (Å²) >= 11 is 1.39. The minimum Gasteiger partial charge on any atom is -0.324 e. The summed E-state index contributed by atoms with van der Waals surface area (Å²) < 4.78 is 38.1. The minimum atomic E-state index is -4.53. The maximum atomic E-state index is 12.7. The summed E-state index contributed by atoms with van der Waals surface area (Å²) in [5.74, 6) is -0.541. The third kappa shape index (κ3) is 2.99. The molecule has 1 heterocycles. The third-order valence-electron chi connectivity index (χ3n) is 3.24. The Balaban J connectivity index is 2.34. The number of benzene rings is 1. The SMILES string of the molecule is CSC(C)C1NC(=O)N(c2cccc(C(F)(F)F)c2)C1=O. The van der Waals surface area contributed by atoms with Gasteiger partial charge < -0.3 is 5.32 Å². The number of nitrogens with one attached hydrogen (secondary N) is 1. The van der Waals surface area contributed by atoms with E-state index < -0.39 is 29.7 Å². The van der Waals surface area contributed by atoms with Crippen LogP contribution in [0.25, 0.3) is 0 Å². The van der Waals surface area contributed by atoms with Gasteiger partial charge in [0, 0.05) is 5.25 Å². The van der Waals surface area contributed by atoms with E-state index in [2.05, 4.69) is 5.32 Å². The van der Waals surface area contributed by atoms with Crippen LogP contribution in [0.1, 0.15) is 12.5 Å². The van der Waals surface area contributed by atoms with E-state index in [-0.39, 0.29) is 10.9 Å². The van der Waals surface area contributed by atoms with Crippen molar-refractivity contribution in [2.24, 2.45) is 0 Å². The Morgan fingerprint density at radius 3 is 2.57 bits per heavy atom. The molecule has 2 atom stereocenters. The monoisotopic (exact) mass is 318 g/mol. The number of halogens is 3. The van der Waals surface area contributed by atoms with Crippen molar-refractivity contribution in [2.75, 3.05) is 11.2 Å². The van der Waals surface area contributed by atoms with Crippen molar-refractivity contribution in [3.05, 3.63) is 29.8 Å². The Hall–Kier alpha value is -1.70. The van der Waals surface area contributed by atoms with Gasteiger partial charge in [-0.3, -0.25) is 4.79 Å². The fourth-order valence-corrected chi connectivity index (χ4v) is 2.48. The van der Waals surface area contributed by atoms with Crippen molar-refractivity contribution in [1.29, 1.82) is 0 Å². The Morgan fingerprint density at radius 1 is 1.33 bits per heavy atom. The molecular formula is C13H13F3N2O2S. The molecule has 1 aromatic rings. The normalized spacial score (nSPS) is 20.6. The van der Waals surface area contributed by atoms with Gasteiger partial charge in [0.05, 0.1) is 11.3 Å². The van der Waals surface area contributed by atoms with E-state index in [9.17, 15) is 22.8 Å². The third-order valence-corrected chi connectivity index (χ3v) is 4.26. The number of amides is 3. The van der Waals surface area contributed by atoms with E-state index in [4.69, 9.17) is 0 Å². The van der Waals surface area contributed by atoms with Gasteiger partial charge in [0.1, 0.15) is 6.04 Å². The summed E-state index contributed by atoms with van der Waals surface area (Å²) in [4.78, 5) is 24.9. The number of nitrogens with zero attached hydrogens (tertiary/aromatic N) is 1. The maximum absolute atomic E-state index is 12.7. The Kier molecular flexibility index (Phi) is 4.18. The molecule has 1 N–H and O–H groups in total. The minimum absolute atomic E-state index is 0.0804. The number of imide groups is 1. The highest BCUT2D eigenvalue weighted by Crippen LogP contribution is 2.32. The second kappa shape index (κ2) is 5.59. The van der Waals surface area contributed by atoms with Crippen molar-refractivity contribution in [3.63, 3.8) is 0 Å². The zero-order chi connectivity index (χ0) is 15.8. The Morgan fingerprint density at radius 2 is 2.00 bits per heavy atom. The van der Waals surface area contributed by atoms with Gasteiger partial charge in [0.25, 0.3) is 5.91 Å². The maximum Gasteiger partial charge on any atom is 0.416 e. The molecule has 3 amide bonds. The Labute approximate surface area is 123 Å². The first-order valence-electron chi connectivity index (χ1n) is 6.10. The van der Waals surface area contributed by atoms with Gasteiger partial charge >= 0.3 is 12.2 Å². The lowest BCUT2D eigenvalue weighted by molar-refractivity contribution is -0.137. The molecule has 4 nitrogen and oxygen atoms in total. The highest BCUT2D eigenvalue weighted by molar-refractivity contribution is 7.99. The molecular weight excluding hydrogens is 305 g/mol. The first kappa shape index (κ1) is 15.7. The molecule has 1 aromatic carbocycles. The quantitative estimate of drug-likeness (QED) is 0.872. The first-order chi connectivity index (χ1) is 9.75. The standard InChI is InChI=1S/C13H13F3N2O2S/c1-7(21-2)10-11(19)18(12(20)17-10)9-5-3-4-8(6-9)13(14,15)16/h3-7,10H,1-2H3,(H,17,20). The van der Waals surface area contributed by atoms with Gasteiger partial charge in [-0.2, -0.15) is 24.9 Å². The number of urea groups is 1. The molecule has 2 unspecified atom stereocenters. The second-order valence-corrected chi connectivity index (χ2v) is 5.80. The van der Waals surface area contributed by atoms with Crippen molar-refractivity contribution in [2.45, 2.75) is 24.4 Å². The summed E-state index contributed by atoms with van der Waals surface area (Å²) in [6, 6.07) is 2.73. The number of hydrogen-bond acceptors (Lipinski definition) is 3. The van der Waals surface area contributed by atoms with Crippen LogP contribution >= 0.6 is 11.8 Å². The number of rotatable bonds is 3. The van der Waals surface area contributed by atoms with Crippen LogP contribution < -0.4 is 10.2 Å². The van der Waals surface area contributed by atoms with Crippen LogP contribution in [0.5, 0.6) is 0 Å². The van der Waals surface area contributed by atoms with Crippen LogP contribution in [-0.2, 0) is 11.0 Å². The number of hydrogen-bond donors (Lipinski definition) is 1. The van der Waals surface area contributed by atoms with Crippen molar-refractivity contribution < 1.29 is 22.8 Å². The second-order valence-electron chi connectivity index (χ2n) is 4.59. The number of thioether (sulfide) groups is 1. The van der Waals surface area contributed by atoms with Gasteiger partial charge in [0.15, 0.2) is 0 Å². The van der Waals surface area contributed by atoms with Crippen LogP contribution in [0.15, 0.2) is 24.3 Å². The van der Waals surface area contributed by atoms with Crippen LogP contribution in [0.4, 0.5) is 23.7 Å². The molecule has 8 heteroatoms. The molecule has 0 aromatic heterocycles. The highest BCUT2D eigenvalue weighted by atomic mass is 32.2. The number of carbonyl (C=O) groups excluding carboxylic acids is 2. The summed E-state index contributed by atoms with van der Waals surface area (Å²) in [5, 5.41) is 2.33. The molecule has 2 rings (SSSR count). The van der Waals surface area contributed by atoms with Crippen LogP contribution in [-0.4, -0.2) is 29.5 Å². The molecule has 114 valence electrons. The molecule has 0 spiro atoms. The number of carbonyl (C=O) groups is 2. The first-order valence-corrected chi connectivity index (χ1v) is 7.39. The molecule has 0 radical (unpaired) electrons. The average molecular weight is 318 g/mol. The van der Waals surface area contributed by atoms with E-state index in [1.165, 1.54) is 23.9 Å². The van der Waals surface area contributed by atoms with Gasteiger partial charge in [-0.05, 0) is 24.5 Å². The average Bonchev–Trinajstić information content (AvgIpc) is 2.72. The lowest BCUT2D eigenvalue weighted by Crippen LogP contribution is -2.37. The summed E-state index contributed by atoms with van der Waals surface area (Å²) in [6.07, 6.45) is -2.74. The zero-order valence-electron chi connectivity index (χ0n) is 11.3. The largest absolute Gasteiger partial charge is 0.416 e. The fourth-order valence-electron chi connectivity index (χ4n) is 2.02. The van der Waals surface area contributed by atoms with Crippen LogP contribution in [0.2, 0.25) is 0 Å². The van der Waals surface area contributed by atoms with E-state index in [0.29, 0.717) is 0 Å². The molecule has 1 aliphatic rings. The summed E-state index contributed by atoms with van der Waals surface area (Å²) in [6.45, 7) is 1.77. The predicted molar refractivity (Wildman–Crippen MR) is 74.2 cm³/mol. The van der Waals surface area contributed by atoms with E-state index >= 15 is 0 Å². The Bertz CT molecular complexity index is 577. The van der Waals surface area contributed by atoms with Crippen LogP contribution in [0, 0.1) is 0 Å². The lowest BCUT2D eigenvalue weighted by atomic mass is 10.1. The van der Waals surface area contributed by atoms with Crippen molar-refractivity contribution >= 4 is 29.4 Å². The number of alkyl halides is 3. The smallest absolute Gasteiger partial charge is 0.324 e. The molecule has 0 aliphatic carbocycles. The molecule has 1 fully saturated rings. The molecule has 1 aliphatic heterocycles. The number of anilines is 1. The zero-order valence-corrected chi connectivity index (χ0v) is 12.1. The predicted octanol–water partition coefficient (Wildman–Crippen LogP) is 2.88. The van der Waals surface area contributed by atoms with Gasteiger partial charge in [0.2, 0.25) is 0 Å². The fraction of sp³-hybridized carbons (Fsp3) is 0.385. The molecule has 0 bridgehead atoms. The van der Waals surface area contributed by atoms with E-state index in [0.717, 1.165) is 17.0 Å². The lowest BCUT2D eigenvalue weighted by Gasteiger charge is -2.17. The van der Waals surface area contributed by atoms with Gasteiger partial charge in [-0.1, -0.05) is 13.0 Å². The molecule has 21 heavy (non-hydrogen) atoms. The summed E-state index contributed by atoms with van der Waals surface area (Å²) in [7, 11) is 0. The van der Waals surface area contributed by atoms with Crippen LogP contribution in [0.3, 0.4) is 0 Å². The molecule has 0 saturated carbocycles. The highest BCUT2D eigenvalue weighted by Gasteiger charge is 2.42. The van der Waals surface area contributed by atoms with E-state index in [1.54, 1.807) is 13.2 Å². The van der Waals surface area contributed by atoms with Gasteiger partial charge in [-0.25, -0.2) is 9.69 Å². The summed E-state index contributed by atoms with van der Waals surface area (Å²) in [5.41, 5.74) is -0.981.